The van der Waals surface area contributed by atoms with E-state index in [1.54, 1.807) is 0 Å². The van der Waals surface area contributed by atoms with E-state index in [-0.39, 0.29) is 5.41 Å². The topological polar surface area (TPSA) is 0 Å². The van der Waals surface area contributed by atoms with Crippen LogP contribution >= 0.6 is 0 Å². The summed E-state index contributed by atoms with van der Waals surface area (Å²) in [5, 5.41) is 5.36. The molecule has 0 heterocycles. The number of rotatable bonds is 5. The van der Waals surface area contributed by atoms with Gasteiger partial charge in [-0.25, -0.2) is 0 Å². The maximum atomic E-state index is 2.42. The van der Waals surface area contributed by atoms with Gasteiger partial charge < -0.3 is 0 Å². The first-order chi connectivity index (χ1) is 12.7. The SMILES string of the molecule is C[CH]CCC(C)(c1cccc2ccccc12)c1cccc2ccccc12. The van der Waals surface area contributed by atoms with Crippen LogP contribution in [0, 0.1) is 6.42 Å². The summed E-state index contributed by atoms with van der Waals surface area (Å²) in [6.07, 6.45) is 4.49. The van der Waals surface area contributed by atoms with E-state index in [9.17, 15) is 0 Å². The molecule has 0 aliphatic heterocycles. The molecule has 0 aliphatic rings. The molecule has 0 spiro atoms. The van der Waals surface area contributed by atoms with Crippen molar-refractivity contribution in [2.45, 2.75) is 32.1 Å². The van der Waals surface area contributed by atoms with Crippen molar-refractivity contribution in [2.24, 2.45) is 0 Å². The number of fused-ring (bicyclic) bond motifs is 2. The van der Waals surface area contributed by atoms with Crippen molar-refractivity contribution in [1.29, 1.82) is 0 Å². The molecule has 0 atom stereocenters. The molecule has 4 rings (SSSR count). The predicted molar refractivity (Wildman–Crippen MR) is 114 cm³/mol. The van der Waals surface area contributed by atoms with Gasteiger partial charge in [0.05, 0.1) is 0 Å². The largest absolute Gasteiger partial charge is 0.0623 e. The lowest BCUT2D eigenvalue weighted by Gasteiger charge is -2.33. The van der Waals surface area contributed by atoms with Gasteiger partial charge in [0.1, 0.15) is 0 Å². The van der Waals surface area contributed by atoms with E-state index in [4.69, 9.17) is 0 Å². The van der Waals surface area contributed by atoms with E-state index in [1.807, 2.05) is 0 Å². The van der Waals surface area contributed by atoms with Gasteiger partial charge in [0.25, 0.3) is 0 Å². The lowest BCUT2D eigenvalue weighted by Crippen LogP contribution is -2.24. The minimum Gasteiger partial charge on any atom is -0.0623 e. The summed E-state index contributed by atoms with van der Waals surface area (Å²) >= 11 is 0. The Balaban J connectivity index is 2.02. The number of hydrogen-bond donors (Lipinski definition) is 0. The van der Waals surface area contributed by atoms with Crippen LogP contribution in [0.1, 0.15) is 37.8 Å². The van der Waals surface area contributed by atoms with E-state index in [0.29, 0.717) is 0 Å². The molecule has 0 fully saturated rings. The third-order valence-corrected chi connectivity index (χ3v) is 5.70. The van der Waals surface area contributed by atoms with Gasteiger partial charge >= 0.3 is 0 Å². The quantitative estimate of drug-likeness (QED) is 0.358. The number of benzene rings is 4. The van der Waals surface area contributed by atoms with Crippen molar-refractivity contribution >= 4 is 21.5 Å². The standard InChI is InChI=1S/C26H25/c1-3-4-19-26(2,24-17-9-13-20-11-5-7-15-22(20)24)25-18-10-14-21-12-6-8-16-23(21)25/h3,5-18H,4,19H2,1-2H3. The molecule has 0 aromatic heterocycles. The molecule has 0 heteroatoms. The minimum absolute atomic E-state index is 0.0335. The van der Waals surface area contributed by atoms with Crippen LogP contribution in [0.2, 0.25) is 0 Å². The van der Waals surface area contributed by atoms with Gasteiger partial charge in [-0.05, 0) is 51.9 Å². The highest BCUT2D eigenvalue weighted by atomic mass is 14.3. The molecule has 4 aromatic carbocycles. The molecular formula is C26H25. The van der Waals surface area contributed by atoms with Gasteiger partial charge in [0, 0.05) is 5.41 Å². The van der Waals surface area contributed by atoms with Crippen molar-refractivity contribution in [2.75, 3.05) is 0 Å². The van der Waals surface area contributed by atoms with Crippen LogP contribution in [0.4, 0.5) is 0 Å². The van der Waals surface area contributed by atoms with Crippen molar-refractivity contribution < 1.29 is 0 Å². The summed E-state index contributed by atoms with van der Waals surface area (Å²) in [7, 11) is 0. The summed E-state index contributed by atoms with van der Waals surface area (Å²) in [5.74, 6) is 0. The van der Waals surface area contributed by atoms with Crippen LogP contribution in [0.3, 0.4) is 0 Å². The second-order valence-corrected chi connectivity index (χ2v) is 7.33. The average Bonchev–Trinajstić information content (AvgIpc) is 2.71. The second kappa shape index (κ2) is 6.96. The zero-order valence-corrected chi connectivity index (χ0v) is 15.6. The van der Waals surface area contributed by atoms with Gasteiger partial charge in [-0.2, -0.15) is 0 Å². The number of hydrogen-bond acceptors (Lipinski definition) is 0. The summed E-state index contributed by atoms with van der Waals surface area (Å²) in [5.41, 5.74) is 2.82. The first-order valence-electron chi connectivity index (χ1n) is 9.48. The molecule has 0 amide bonds. The Bertz CT molecular complexity index is 952. The molecule has 1 radical (unpaired) electrons. The average molecular weight is 337 g/mol. The third kappa shape index (κ3) is 2.80. The molecule has 129 valence electrons. The smallest absolute Gasteiger partial charge is 0.0187 e. The Morgan fingerprint density at radius 1 is 0.654 bits per heavy atom. The highest BCUT2D eigenvalue weighted by Crippen LogP contribution is 2.42. The molecule has 26 heavy (non-hydrogen) atoms. The van der Waals surface area contributed by atoms with Gasteiger partial charge in [0.15, 0.2) is 0 Å². The lowest BCUT2D eigenvalue weighted by molar-refractivity contribution is 0.525. The molecule has 0 saturated heterocycles. The zero-order chi connectivity index (χ0) is 18.0. The summed E-state index contributed by atoms with van der Waals surface area (Å²) in [6.45, 7) is 4.58. The van der Waals surface area contributed by atoms with E-state index < -0.39 is 0 Å². The Kier molecular flexibility index (Phi) is 4.51. The van der Waals surface area contributed by atoms with Gasteiger partial charge in [0.2, 0.25) is 0 Å². The normalized spacial score (nSPS) is 11.9. The molecule has 4 aromatic rings. The second-order valence-electron chi connectivity index (χ2n) is 7.33. The fourth-order valence-electron chi connectivity index (χ4n) is 4.26. The zero-order valence-electron chi connectivity index (χ0n) is 15.6. The van der Waals surface area contributed by atoms with Crippen LogP contribution in [0.15, 0.2) is 84.9 Å². The summed E-state index contributed by atoms with van der Waals surface area (Å²) in [6, 6.07) is 31.0. The third-order valence-electron chi connectivity index (χ3n) is 5.70. The first-order valence-corrected chi connectivity index (χ1v) is 9.48. The van der Waals surface area contributed by atoms with E-state index in [1.165, 1.54) is 32.7 Å². The van der Waals surface area contributed by atoms with Crippen molar-refractivity contribution in [3.8, 4) is 0 Å². The maximum Gasteiger partial charge on any atom is 0.0187 e. The van der Waals surface area contributed by atoms with Crippen molar-refractivity contribution in [3.63, 3.8) is 0 Å². The molecule has 0 unspecified atom stereocenters. The van der Waals surface area contributed by atoms with Gasteiger partial charge in [-0.15, -0.1) is 0 Å². The molecule has 0 saturated carbocycles. The van der Waals surface area contributed by atoms with Gasteiger partial charge in [-0.3, -0.25) is 0 Å². The molecule has 0 aliphatic carbocycles. The van der Waals surface area contributed by atoms with Gasteiger partial charge in [-0.1, -0.05) is 98.8 Å². The Morgan fingerprint density at radius 3 is 1.62 bits per heavy atom. The molecule has 0 N–H and O–H groups in total. The monoisotopic (exact) mass is 337 g/mol. The minimum atomic E-state index is -0.0335. The highest BCUT2D eigenvalue weighted by Gasteiger charge is 2.31. The fourth-order valence-corrected chi connectivity index (χ4v) is 4.26. The Labute approximate surface area is 156 Å². The van der Waals surface area contributed by atoms with Crippen LogP contribution in [0.25, 0.3) is 21.5 Å². The van der Waals surface area contributed by atoms with E-state index >= 15 is 0 Å². The van der Waals surface area contributed by atoms with Crippen LogP contribution in [-0.4, -0.2) is 0 Å². The van der Waals surface area contributed by atoms with E-state index in [0.717, 1.165) is 12.8 Å². The fraction of sp³-hybridized carbons (Fsp3) is 0.192. The van der Waals surface area contributed by atoms with Crippen LogP contribution in [0.5, 0.6) is 0 Å². The predicted octanol–water partition coefficient (Wildman–Crippen LogP) is 7.30. The summed E-state index contributed by atoms with van der Waals surface area (Å²) < 4.78 is 0. The molecule has 0 nitrogen and oxygen atoms in total. The lowest BCUT2D eigenvalue weighted by atomic mass is 9.70. The Morgan fingerprint density at radius 2 is 1.12 bits per heavy atom. The van der Waals surface area contributed by atoms with Crippen LogP contribution in [-0.2, 0) is 5.41 Å². The Hall–Kier alpha value is -2.60. The van der Waals surface area contributed by atoms with E-state index in [2.05, 4.69) is 105 Å². The first kappa shape index (κ1) is 16.8. The molecule has 0 bridgehead atoms. The van der Waals surface area contributed by atoms with Crippen molar-refractivity contribution in [1.82, 2.24) is 0 Å². The van der Waals surface area contributed by atoms with Crippen molar-refractivity contribution in [3.05, 3.63) is 102 Å². The maximum absolute atomic E-state index is 2.42. The number of unbranched alkanes of at least 4 members (excludes halogenated alkanes) is 1. The summed E-state index contributed by atoms with van der Waals surface area (Å²) in [4.78, 5) is 0. The highest BCUT2D eigenvalue weighted by molar-refractivity contribution is 5.91. The molecular weight excluding hydrogens is 312 g/mol. The van der Waals surface area contributed by atoms with Crippen LogP contribution < -0.4 is 0 Å².